The smallest absolute Gasteiger partial charge is 0.410 e. The van der Waals surface area contributed by atoms with Crippen LogP contribution in [-0.4, -0.2) is 67.3 Å². The number of carbonyl (C=O) groups is 2. The van der Waals surface area contributed by atoms with E-state index in [0.29, 0.717) is 44.1 Å². The van der Waals surface area contributed by atoms with E-state index < -0.39 is 5.60 Å². The molecule has 0 spiro atoms. The normalized spacial score (nSPS) is 15.2. The average molecular weight is 364 g/mol. The third-order valence-electron chi connectivity index (χ3n) is 3.92. The molecule has 0 radical (unpaired) electrons. The molecule has 26 heavy (non-hydrogen) atoms. The number of rotatable bonds is 4. The number of benzene rings is 1. The van der Waals surface area contributed by atoms with Gasteiger partial charge < -0.3 is 24.0 Å². The summed E-state index contributed by atoms with van der Waals surface area (Å²) >= 11 is 0. The molecule has 2 amide bonds. The first-order valence-electron chi connectivity index (χ1n) is 8.81. The number of carbonyl (C=O) groups excluding carboxylic acids is 2. The van der Waals surface area contributed by atoms with Gasteiger partial charge in [-0.25, -0.2) is 4.79 Å². The SMILES string of the molecule is COc1ccccc1OCC(=O)N1CCCN(C(=O)OC(C)(C)C)CC1. The second-order valence-electron chi connectivity index (χ2n) is 7.14. The summed E-state index contributed by atoms with van der Waals surface area (Å²) in [6.07, 6.45) is 0.372. The van der Waals surface area contributed by atoms with Crippen LogP contribution in [0.25, 0.3) is 0 Å². The van der Waals surface area contributed by atoms with E-state index in [0.717, 1.165) is 0 Å². The van der Waals surface area contributed by atoms with Crippen LogP contribution in [-0.2, 0) is 9.53 Å². The Balaban J connectivity index is 1.86. The molecule has 144 valence electrons. The first-order chi connectivity index (χ1) is 12.3. The van der Waals surface area contributed by atoms with Crippen molar-refractivity contribution >= 4 is 12.0 Å². The van der Waals surface area contributed by atoms with Crippen molar-refractivity contribution in [2.75, 3.05) is 39.9 Å². The Bertz CT molecular complexity index is 627. The van der Waals surface area contributed by atoms with Gasteiger partial charge in [0.2, 0.25) is 0 Å². The van der Waals surface area contributed by atoms with Crippen molar-refractivity contribution in [3.8, 4) is 11.5 Å². The summed E-state index contributed by atoms with van der Waals surface area (Å²) in [5.41, 5.74) is -0.526. The predicted molar refractivity (Wildman–Crippen MR) is 97.5 cm³/mol. The Morgan fingerprint density at radius 2 is 1.62 bits per heavy atom. The van der Waals surface area contributed by atoms with E-state index in [2.05, 4.69) is 0 Å². The van der Waals surface area contributed by atoms with Gasteiger partial charge in [-0.1, -0.05) is 12.1 Å². The summed E-state index contributed by atoms with van der Waals surface area (Å²) in [5.74, 6) is 1.02. The van der Waals surface area contributed by atoms with Gasteiger partial charge in [0.1, 0.15) is 5.60 Å². The molecule has 1 aromatic carbocycles. The van der Waals surface area contributed by atoms with E-state index in [1.807, 2.05) is 32.9 Å². The minimum Gasteiger partial charge on any atom is -0.493 e. The molecule has 7 heteroatoms. The maximum absolute atomic E-state index is 12.5. The average Bonchev–Trinajstić information content (AvgIpc) is 2.84. The molecule has 1 aliphatic heterocycles. The minimum atomic E-state index is -0.526. The lowest BCUT2D eigenvalue weighted by Crippen LogP contribution is -2.41. The number of nitrogens with zero attached hydrogens (tertiary/aromatic N) is 2. The van der Waals surface area contributed by atoms with Crippen LogP contribution < -0.4 is 9.47 Å². The Kier molecular flexibility index (Phi) is 6.71. The molecule has 0 unspecified atom stereocenters. The van der Waals surface area contributed by atoms with Crippen molar-refractivity contribution < 1.29 is 23.8 Å². The van der Waals surface area contributed by atoms with Crippen LogP contribution in [0.15, 0.2) is 24.3 Å². The van der Waals surface area contributed by atoms with Gasteiger partial charge in [0.15, 0.2) is 18.1 Å². The van der Waals surface area contributed by atoms with E-state index >= 15 is 0 Å². The molecule has 0 aliphatic carbocycles. The highest BCUT2D eigenvalue weighted by Crippen LogP contribution is 2.25. The summed E-state index contributed by atoms with van der Waals surface area (Å²) in [4.78, 5) is 28.0. The second-order valence-corrected chi connectivity index (χ2v) is 7.14. The Morgan fingerprint density at radius 1 is 1.00 bits per heavy atom. The van der Waals surface area contributed by atoms with Crippen molar-refractivity contribution in [3.05, 3.63) is 24.3 Å². The third-order valence-corrected chi connectivity index (χ3v) is 3.92. The van der Waals surface area contributed by atoms with Gasteiger partial charge in [-0.2, -0.15) is 0 Å². The molecule has 0 aromatic heterocycles. The van der Waals surface area contributed by atoms with Crippen molar-refractivity contribution in [2.45, 2.75) is 32.8 Å². The van der Waals surface area contributed by atoms with Crippen LogP contribution in [0, 0.1) is 0 Å². The first kappa shape index (κ1) is 19.9. The first-order valence-corrected chi connectivity index (χ1v) is 8.81. The standard InChI is InChI=1S/C19H28N2O5/c1-19(2,3)26-18(23)21-11-7-10-20(12-13-21)17(22)14-25-16-9-6-5-8-15(16)24-4/h5-6,8-9H,7,10-14H2,1-4H3. The van der Waals surface area contributed by atoms with E-state index in [1.165, 1.54) is 0 Å². The Hall–Kier alpha value is -2.44. The van der Waals surface area contributed by atoms with Crippen molar-refractivity contribution in [1.82, 2.24) is 9.80 Å². The largest absolute Gasteiger partial charge is 0.493 e. The number of para-hydroxylation sites is 2. The van der Waals surface area contributed by atoms with Crippen LogP contribution in [0.1, 0.15) is 27.2 Å². The topological polar surface area (TPSA) is 68.3 Å². The maximum atomic E-state index is 12.5. The summed E-state index contributed by atoms with van der Waals surface area (Å²) < 4.78 is 16.2. The molecule has 1 aromatic rings. The number of methoxy groups -OCH3 is 1. The maximum Gasteiger partial charge on any atom is 0.410 e. The summed E-state index contributed by atoms with van der Waals surface area (Å²) in [6.45, 7) is 7.55. The molecule has 0 atom stereocenters. The van der Waals surface area contributed by atoms with Crippen LogP contribution in [0.2, 0.25) is 0 Å². The van der Waals surface area contributed by atoms with Gasteiger partial charge in [-0.05, 0) is 39.3 Å². The van der Waals surface area contributed by atoms with Crippen molar-refractivity contribution in [3.63, 3.8) is 0 Å². The van der Waals surface area contributed by atoms with Gasteiger partial charge in [-0.15, -0.1) is 0 Å². The van der Waals surface area contributed by atoms with Crippen molar-refractivity contribution in [2.24, 2.45) is 0 Å². The Labute approximate surface area is 154 Å². The molecule has 1 fully saturated rings. The summed E-state index contributed by atoms with van der Waals surface area (Å²) in [6, 6.07) is 7.21. The quantitative estimate of drug-likeness (QED) is 0.821. The fraction of sp³-hybridized carbons (Fsp3) is 0.579. The molecule has 2 rings (SSSR count). The zero-order chi connectivity index (χ0) is 19.2. The van der Waals surface area contributed by atoms with Gasteiger partial charge >= 0.3 is 6.09 Å². The molecule has 1 saturated heterocycles. The van der Waals surface area contributed by atoms with Crippen molar-refractivity contribution in [1.29, 1.82) is 0 Å². The lowest BCUT2D eigenvalue weighted by atomic mass is 10.2. The molecule has 1 aliphatic rings. The van der Waals surface area contributed by atoms with Crippen LogP contribution in [0.3, 0.4) is 0 Å². The zero-order valence-corrected chi connectivity index (χ0v) is 16.0. The summed E-state index contributed by atoms with van der Waals surface area (Å²) in [5, 5.41) is 0. The fourth-order valence-electron chi connectivity index (χ4n) is 2.64. The number of amides is 2. The lowest BCUT2D eigenvalue weighted by molar-refractivity contribution is -0.133. The van der Waals surface area contributed by atoms with Gasteiger partial charge in [-0.3, -0.25) is 4.79 Å². The molecule has 0 saturated carbocycles. The fourth-order valence-corrected chi connectivity index (χ4v) is 2.64. The zero-order valence-electron chi connectivity index (χ0n) is 16.0. The molecule has 0 bridgehead atoms. The highest BCUT2D eigenvalue weighted by molar-refractivity contribution is 5.78. The monoisotopic (exact) mass is 364 g/mol. The summed E-state index contributed by atoms with van der Waals surface area (Å²) in [7, 11) is 1.56. The van der Waals surface area contributed by atoms with E-state index in [1.54, 1.807) is 29.0 Å². The number of ether oxygens (including phenoxy) is 3. The van der Waals surface area contributed by atoms with E-state index in [-0.39, 0.29) is 18.6 Å². The van der Waals surface area contributed by atoms with E-state index in [4.69, 9.17) is 14.2 Å². The van der Waals surface area contributed by atoms with Crippen LogP contribution in [0.4, 0.5) is 4.79 Å². The van der Waals surface area contributed by atoms with Crippen LogP contribution in [0.5, 0.6) is 11.5 Å². The molecule has 1 heterocycles. The molecular weight excluding hydrogens is 336 g/mol. The van der Waals surface area contributed by atoms with Gasteiger partial charge in [0.25, 0.3) is 5.91 Å². The predicted octanol–water partition coefficient (Wildman–Crippen LogP) is 2.54. The minimum absolute atomic E-state index is 0.0627. The van der Waals surface area contributed by atoms with E-state index in [9.17, 15) is 9.59 Å². The van der Waals surface area contributed by atoms with Crippen LogP contribution >= 0.6 is 0 Å². The lowest BCUT2D eigenvalue weighted by Gasteiger charge is -2.26. The van der Waals surface area contributed by atoms with Gasteiger partial charge in [0, 0.05) is 26.2 Å². The Morgan fingerprint density at radius 3 is 2.27 bits per heavy atom. The van der Waals surface area contributed by atoms with Gasteiger partial charge in [0.05, 0.1) is 7.11 Å². The highest BCUT2D eigenvalue weighted by atomic mass is 16.6. The highest BCUT2D eigenvalue weighted by Gasteiger charge is 2.26. The number of hydrogen-bond acceptors (Lipinski definition) is 5. The second kappa shape index (κ2) is 8.78. The molecule has 7 nitrogen and oxygen atoms in total. The molecule has 0 N–H and O–H groups in total. The third kappa shape index (κ3) is 5.82. The number of hydrogen-bond donors (Lipinski definition) is 0. The molecular formula is C19H28N2O5.